The number of amides is 2. The van der Waals surface area contributed by atoms with Gasteiger partial charge in [0.2, 0.25) is 5.88 Å². The molecule has 1 saturated heterocycles. The third-order valence-electron chi connectivity index (χ3n) is 4.17. The van der Waals surface area contributed by atoms with Crippen molar-refractivity contribution >= 4 is 17.8 Å². The molecule has 1 atom stereocenters. The van der Waals surface area contributed by atoms with Gasteiger partial charge in [-0.2, -0.15) is 18.2 Å². The molecule has 0 bridgehead atoms. The number of aromatic nitrogens is 3. The van der Waals surface area contributed by atoms with Crippen LogP contribution in [0.15, 0.2) is 24.4 Å². The van der Waals surface area contributed by atoms with Crippen molar-refractivity contribution in [2.45, 2.75) is 33.1 Å². The van der Waals surface area contributed by atoms with Crippen molar-refractivity contribution < 1.29 is 37.3 Å². The molecule has 1 fully saturated rings. The van der Waals surface area contributed by atoms with E-state index in [1.54, 1.807) is 24.1 Å². The number of aliphatic carboxylic acids is 1. The SMILES string of the molecule is Cc1cc(C)nc(NC(=O)N2CCOC(COc3ccnc(C)n3)C2)c1.O=C(O)C(F)(F)F. The molecule has 0 saturated carbocycles. The fourth-order valence-corrected chi connectivity index (χ4v) is 2.79. The molecule has 3 rings (SSSR count). The van der Waals surface area contributed by atoms with Crippen LogP contribution in [0.2, 0.25) is 0 Å². The zero-order valence-electron chi connectivity index (χ0n) is 18.2. The number of pyridine rings is 1. The highest BCUT2D eigenvalue weighted by atomic mass is 19.4. The summed E-state index contributed by atoms with van der Waals surface area (Å²) in [5, 5.41) is 9.98. The number of hydrogen-bond acceptors (Lipinski definition) is 7. The third-order valence-corrected chi connectivity index (χ3v) is 4.17. The Kier molecular flexibility index (Phi) is 8.91. The molecule has 2 aromatic heterocycles. The smallest absolute Gasteiger partial charge is 0.475 e. The molecule has 3 heterocycles. The highest BCUT2D eigenvalue weighted by molar-refractivity contribution is 5.88. The van der Waals surface area contributed by atoms with Gasteiger partial charge in [-0.3, -0.25) is 5.32 Å². The predicted octanol–water partition coefficient (Wildman–Crippen LogP) is 2.74. The molecule has 1 aliphatic rings. The van der Waals surface area contributed by atoms with Crippen LogP contribution in [-0.2, 0) is 9.53 Å². The Morgan fingerprint density at radius 3 is 2.58 bits per heavy atom. The van der Waals surface area contributed by atoms with E-state index in [4.69, 9.17) is 19.4 Å². The molecule has 0 aliphatic carbocycles. The number of carboxylic acid groups (broad SMARTS) is 1. The van der Waals surface area contributed by atoms with Crippen LogP contribution in [0.25, 0.3) is 0 Å². The molecule has 0 spiro atoms. The van der Waals surface area contributed by atoms with E-state index < -0.39 is 12.1 Å². The number of carbonyl (C=O) groups excluding carboxylic acids is 1. The molecule has 1 unspecified atom stereocenters. The summed E-state index contributed by atoms with van der Waals surface area (Å²) in [7, 11) is 0. The Labute approximate surface area is 187 Å². The lowest BCUT2D eigenvalue weighted by Crippen LogP contribution is -2.49. The second-order valence-corrected chi connectivity index (χ2v) is 7.10. The number of nitrogens with one attached hydrogen (secondary N) is 1. The molecule has 180 valence electrons. The van der Waals surface area contributed by atoms with Gasteiger partial charge in [0.15, 0.2) is 0 Å². The Morgan fingerprint density at radius 1 is 1.27 bits per heavy atom. The number of aryl methyl sites for hydroxylation is 3. The van der Waals surface area contributed by atoms with Gasteiger partial charge in [0.05, 0.1) is 13.2 Å². The van der Waals surface area contributed by atoms with Gasteiger partial charge in [-0.25, -0.2) is 19.6 Å². The van der Waals surface area contributed by atoms with Crippen LogP contribution in [0.4, 0.5) is 23.8 Å². The molecular weight excluding hydrogens is 447 g/mol. The maximum Gasteiger partial charge on any atom is 0.490 e. The number of nitrogens with zero attached hydrogens (tertiary/aromatic N) is 4. The van der Waals surface area contributed by atoms with Crippen LogP contribution in [0.5, 0.6) is 5.88 Å². The molecule has 2 amide bonds. The lowest BCUT2D eigenvalue weighted by atomic mass is 10.2. The Morgan fingerprint density at radius 2 is 1.97 bits per heavy atom. The van der Waals surface area contributed by atoms with Crippen LogP contribution < -0.4 is 10.1 Å². The highest BCUT2D eigenvalue weighted by Gasteiger charge is 2.38. The number of halogens is 3. The van der Waals surface area contributed by atoms with E-state index in [0.717, 1.165) is 11.3 Å². The summed E-state index contributed by atoms with van der Waals surface area (Å²) < 4.78 is 43.1. The van der Waals surface area contributed by atoms with E-state index in [-0.39, 0.29) is 12.1 Å². The van der Waals surface area contributed by atoms with Gasteiger partial charge in [0.1, 0.15) is 24.4 Å². The number of hydrogen-bond donors (Lipinski definition) is 2. The van der Waals surface area contributed by atoms with E-state index >= 15 is 0 Å². The maximum atomic E-state index is 12.5. The van der Waals surface area contributed by atoms with Crippen molar-refractivity contribution in [3.05, 3.63) is 41.5 Å². The van der Waals surface area contributed by atoms with Crippen LogP contribution in [0, 0.1) is 20.8 Å². The first-order valence-electron chi connectivity index (χ1n) is 9.79. The van der Waals surface area contributed by atoms with Gasteiger partial charge in [-0.1, -0.05) is 0 Å². The molecule has 10 nitrogen and oxygen atoms in total. The molecule has 2 aromatic rings. The number of rotatable bonds is 4. The molecule has 1 aliphatic heterocycles. The first kappa shape index (κ1) is 25.8. The topological polar surface area (TPSA) is 127 Å². The van der Waals surface area contributed by atoms with Crippen LogP contribution in [0.1, 0.15) is 17.1 Å². The van der Waals surface area contributed by atoms with Gasteiger partial charge in [-0.15, -0.1) is 0 Å². The second kappa shape index (κ2) is 11.4. The van der Waals surface area contributed by atoms with E-state index in [0.29, 0.717) is 43.8 Å². The van der Waals surface area contributed by atoms with E-state index in [9.17, 15) is 18.0 Å². The Hall–Kier alpha value is -3.48. The monoisotopic (exact) mass is 471 g/mol. The Balaban J connectivity index is 0.000000479. The molecule has 13 heteroatoms. The fraction of sp³-hybridized carbons (Fsp3) is 0.450. The number of alkyl halides is 3. The number of ether oxygens (including phenoxy) is 2. The van der Waals surface area contributed by atoms with Crippen LogP contribution in [-0.4, -0.2) is 75.5 Å². The van der Waals surface area contributed by atoms with Gasteiger partial charge in [-0.05, 0) is 38.5 Å². The van der Waals surface area contributed by atoms with Crippen molar-refractivity contribution in [2.24, 2.45) is 0 Å². The minimum atomic E-state index is -5.08. The lowest BCUT2D eigenvalue weighted by Gasteiger charge is -2.32. The number of urea groups is 1. The summed E-state index contributed by atoms with van der Waals surface area (Å²) >= 11 is 0. The van der Waals surface area contributed by atoms with Crippen molar-refractivity contribution in [1.29, 1.82) is 0 Å². The summed E-state index contributed by atoms with van der Waals surface area (Å²) in [4.78, 5) is 35.7. The molecule has 2 N–H and O–H groups in total. The quantitative estimate of drug-likeness (QED) is 0.697. The van der Waals surface area contributed by atoms with Crippen LogP contribution >= 0.6 is 0 Å². The zero-order valence-corrected chi connectivity index (χ0v) is 18.2. The third kappa shape index (κ3) is 8.88. The normalized spacial score (nSPS) is 15.8. The lowest BCUT2D eigenvalue weighted by molar-refractivity contribution is -0.192. The van der Waals surface area contributed by atoms with Gasteiger partial charge >= 0.3 is 18.2 Å². The summed E-state index contributed by atoms with van der Waals surface area (Å²) in [6.45, 7) is 7.44. The number of anilines is 1. The minimum absolute atomic E-state index is 0.186. The minimum Gasteiger partial charge on any atom is -0.475 e. The maximum absolute atomic E-state index is 12.5. The predicted molar refractivity (Wildman–Crippen MR) is 110 cm³/mol. The number of carbonyl (C=O) groups is 2. The molecule has 0 aromatic carbocycles. The first-order chi connectivity index (χ1) is 15.4. The summed E-state index contributed by atoms with van der Waals surface area (Å²) in [5.41, 5.74) is 1.93. The average molecular weight is 471 g/mol. The molecule has 0 radical (unpaired) electrons. The number of morpholine rings is 1. The average Bonchev–Trinajstić information content (AvgIpc) is 2.71. The highest BCUT2D eigenvalue weighted by Crippen LogP contribution is 2.14. The van der Waals surface area contributed by atoms with Crippen molar-refractivity contribution in [2.75, 3.05) is 31.6 Å². The fourth-order valence-electron chi connectivity index (χ4n) is 2.79. The summed E-state index contributed by atoms with van der Waals surface area (Å²) in [5.74, 6) is -1.05. The van der Waals surface area contributed by atoms with Crippen molar-refractivity contribution in [3.63, 3.8) is 0 Å². The zero-order chi connectivity index (χ0) is 24.6. The summed E-state index contributed by atoms with van der Waals surface area (Å²) in [6, 6.07) is 5.33. The van der Waals surface area contributed by atoms with Crippen LogP contribution in [0.3, 0.4) is 0 Å². The molecular formula is C20H24F3N5O5. The van der Waals surface area contributed by atoms with E-state index in [1.165, 1.54) is 0 Å². The second-order valence-electron chi connectivity index (χ2n) is 7.10. The first-order valence-corrected chi connectivity index (χ1v) is 9.79. The standard InChI is InChI=1S/C18H23N5O3.C2HF3O2/c1-12-8-13(2)20-16(9-12)22-18(24)23-6-7-25-15(10-23)11-26-17-4-5-19-14(3)21-17;3-2(4,5)1(6)7/h4-5,8-9,15H,6-7,10-11H2,1-3H3,(H,20,22,24);(H,6,7). The largest absolute Gasteiger partial charge is 0.490 e. The van der Waals surface area contributed by atoms with Crippen molar-refractivity contribution in [1.82, 2.24) is 19.9 Å². The van der Waals surface area contributed by atoms with Gasteiger partial charge < -0.3 is 19.5 Å². The van der Waals surface area contributed by atoms with Crippen molar-refractivity contribution in [3.8, 4) is 5.88 Å². The van der Waals surface area contributed by atoms with E-state index in [1.807, 2.05) is 26.0 Å². The van der Waals surface area contributed by atoms with E-state index in [2.05, 4.69) is 20.3 Å². The van der Waals surface area contributed by atoms with Gasteiger partial charge in [0.25, 0.3) is 0 Å². The summed E-state index contributed by atoms with van der Waals surface area (Å²) in [6.07, 6.45) is -3.65. The number of carboxylic acids is 1. The van der Waals surface area contributed by atoms with Gasteiger partial charge in [0, 0.05) is 24.5 Å². The Bertz CT molecular complexity index is 953. The molecule has 33 heavy (non-hydrogen) atoms.